The summed E-state index contributed by atoms with van der Waals surface area (Å²) in [5, 5.41) is 0. The van der Waals surface area contributed by atoms with Crippen LogP contribution in [0.1, 0.15) is 5.56 Å². The summed E-state index contributed by atoms with van der Waals surface area (Å²) < 4.78 is 301. The second kappa shape index (κ2) is 17.5. The highest BCUT2D eigenvalue weighted by molar-refractivity contribution is 7.20. The van der Waals surface area contributed by atoms with E-state index < -0.39 is 144 Å². The largest absolute Gasteiger partial charge is 0.427 e. The van der Waals surface area contributed by atoms with Crippen LogP contribution in [0.2, 0.25) is 0 Å². The van der Waals surface area contributed by atoms with Crippen LogP contribution >= 0.6 is 11.6 Å². The lowest BCUT2D eigenvalue weighted by molar-refractivity contribution is -0.693. The molecule has 0 N–H and O–H groups in total. The second-order valence-corrected chi connectivity index (χ2v) is 12.3. The number of alkyl halides is 1. The molecule has 61 heavy (non-hydrogen) atoms. The Balaban J connectivity index is 0.000000366. The molecule has 6 rings (SSSR count). The molecular formula is C36H12BClF20N2O. The fraction of sp³-hybridized carbons (Fsp3) is 0.0556. The van der Waals surface area contributed by atoms with Crippen molar-refractivity contribution >= 4 is 39.6 Å². The molecule has 6 aromatic rings. The van der Waals surface area contributed by atoms with E-state index in [2.05, 4.69) is 17.1 Å². The van der Waals surface area contributed by atoms with Gasteiger partial charge in [0.25, 0.3) is 0 Å². The molecule has 322 valence electrons. The maximum Gasteiger partial charge on any atom is 0.388 e. The average Bonchev–Trinajstić information content (AvgIpc) is 3.25. The summed E-state index contributed by atoms with van der Waals surface area (Å²) in [4.78, 5) is 4.00. The molecule has 0 spiro atoms. The van der Waals surface area contributed by atoms with Gasteiger partial charge in [-0.2, -0.15) is 4.57 Å². The van der Waals surface area contributed by atoms with Crippen molar-refractivity contribution in [2.45, 2.75) is 6.54 Å². The van der Waals surface area contributed by atoms with Gasteiger partial charge in [0.15, 0.2) is 88.6 Å². The third-order valence-corrected chi connectivity index (χ3v) is 9.02. The van der Waals surface area contributed by atoms with E-state index >= 15 is 35.1 Å². The van der Waals surface area contributed by atoms with Crippen molar-refractivity contribution in [3.8, 4) is 5.88 Å². The molecule has 0 aliphatic heterocycles. The van der Waals surface area contributed by atoms with E-state index in [4.69, 9.17) is 16.3 Å². The zero-order chi connectivity index (χ0) is 45.6. The molecule has 0 aliphatic rings. The van der Waals surface area contributed by atoms with Gasteiger partial charge in [0.1, 0.15) is 58.9 Å². The Morgan fingerprint density at radius 2 is 0.705 bits per heavy atom. The first-order valence-corrected chi connectivity index (χ1v) is 16.4. The molecule has 1 heterocycles. The van der Waals surface area contributed by atoms with E-state index in [0.717, 1.165) is 6.54 Å². The maximum atomic E-state index is 15.4. The first-order valence-electron chi connectivity index (χ1n) is 15.9. The molecule has 0 saturated heterocycles. The summed E-state index contributed by atoms with van der Waals surface area (Å²) in [5.41, 5.74) is -13.1. The second-order valence-electron chi connectivity index (χ2n) is 12.1. The topological polar surface area (TPSA) is 26.0 Å². The predicted molar refractivity (Wildman–Crippen MR) is 171 cm³/mol. The van der Waals surface area contributed by atoms with Gasteiger partial charge in [0.2, 0.25) is 0 Å². The van der Waals surface area contributed by atoms with Crippen LogP contribution in [-0.4, -0.2) is 17.2 Å². The van der Waals surface area contributed by atoms with Crippen LogP contribution in [0.25, 0.3) is 0 Å². The van der Waals surface area contributed by atoms with Gasteiger partial charge in [0, 0.05) is 5.56 Å². The molecule has 0 atom stereocenters. The molecule has 3 nitrogen and oxygen atoms in total. The number of rotatable bonds is 8. The lowest BCUT2D eigenvalue weighted by Gasteiger charge is -2.44. The minimum atomic E-state index is -7.22. The van der Waals surface area contributed by atoms with Gasteiger partial charge in [-0.3, -0.25) is 0 Å². The van der Waals surface area contributed by atoms with E-state index in [-0.39, 0.29) is 6.07 Å². The standard InChI is InChI=1S/C24BF20.C12H12ClN2O/c26-5-1(6(27)14(35)21(42)13(5)34)25(2-7(28)15(36)22(43)16(37)8(2)29,3-9(30)17(38)23(44)18(39)10(3)31)4-11(32)19(40)24(45)20(41)12(4)33;13-10-16-12-8-14-6-7-15(12)9-11-4-2-1-3-5-11/h;1-8H,9-10H2/q-1;+1. The molecular weight excluding hydrogens is 903 g/mol. The molecule has 5 aromatic carbocycles. The SMILES string of the molecule is ClCOc1cncc[n+]1Cc1ccccc1.Fc1c(F)c(F)c([B-](c2c(F)c(F)c(F)c(F)c2F)(c2c(F)c(F)c(F)c(F)c2F)c2c(F)c(F)c(F)c(F)c2F)c(F)c1F. The van der Waals surface area contributed by atoms with Gasteiger partial charge in [-0.05, 0) is 0 Å². The summed E-state index contributed by atoms with van der Waals surface area (Å²) in [6, 6.07) is 10.3. The highest BCUT2D eigenvalue weighted by Gasteiger charge is 2.52. The van der Waals surface area contributed by atoms with Crippen molar-refractivity contribution in [1.29, 1.82) is 0 Å². The predicted octanol–water partition coefficient (Wildman–Crippen LogP) is 7.84. The summed E-state index contributed by atoms with van der Waals surface area (Å²) in [6.07, 6.45) is -1.96. The van der Waals surface area contributed by atoms with Gasteiger partial charge in [-0.1, -0.05) is 41.9 Å². The van der Waals surface area contributed by atoms with Gasteiger partial charge >= 0.3 is 5.88 Å². The van der Waals surface area contributed by atoms with E-state index in [1.54, 1.807) is 12.4 Å². The van der Waals surface area contributed by atoms with Gasteiger partial charge in [-0.25, -0.2) is 92.8 Å². The van der Waals surface area contributed by atoms with Gasteiger partial charge in [0.05, 0.1) is 6.20 Å². The lowest BCUT2D eigenvalue weighted by Crippen LogP contribution is -2.81. The molecule has 1 aromatic heterocycles. The Kier molecular flexibility index (Phi) is 13.2. The van der Waals surface area contributed by atoms with E-state index in [0.29, 0.717) is 5.88 Å². The highest BCUT2D eigenvalue weighted by Crippen LogP contribution is 2.30. The first-order chi connectivity index (χ1) is 28.6. The molecule has 0 fully saturated rings. The lowest BCUT2D eigenvalue weighted by atomic mass is 9.12. The van der Waals surface area contributed by atoms with Crippen LogP contribution in [0.5, 0.6) is 5.88 Å². The summed E-state index contributed by atoms with van der Waals surface area (Å²) in [5.74, 6) is -70.7. The summed E-state index contributed by atoms with van der Waals surface area (Å²) >= 11 is 5.55. The van der Waals surface area contributed by atoms with Crippen molar-refractivity contribution in [2.75, 3.05) is 6.07 Å². The number of halogens is 21. The van der Waals surface area contributed by atoms with E-state index in [9.17, 15) is 52.7 Å². The maximum absolute atomic E-state index is 15.4. The quantitative estimate of drug-likeness (QED) is 0.0389. The highest BCUT2D eigenvalue weighted by atomic mass is 35.5. The monoisotopic (exact) mass is 914 g/mol. The van der Waals surface area contributed by atoms with Crippen LogP contribution < -0.4 is 31.2 Å². The van der Waals surface area contributed by atoms with E-state index in [1.807, 2.05) is 29.0 Å². The summed E-state index contributed by atoms with van der Waals surface area (Å²) in [6.45, 7) is 0.746. The molecule has 0 saturated carbocycles. The van der Waals surface area contributed by atoms with Crippen molar-refractivity contribution in [1.82, 2.24) is 4.98 Å². The zero-order valence-electron chi connectivity index (χ0n) is 28.9. The molecule has 0 radical (unpaired) electrons. The molecule has 0 aliphatic carbocycles. The van der Waals surface area contributed by atoms with Crippen LogP contribution in [0, 0.1) is 116 Å². The zero-order valence-corrected chi connectivity index (χ0v) is 29.6. The number of ether oxygens (including phenoxy) is 1. The average molecular weight is 915 g/mol. The number of nitrogens with zero attached hydrogens (tertiary/aromatic N) is 2. The third-order valence-electron chi connectivity index (χ3n) is 8.91. The van der Waals surface area contributed by atoms with Gasteiger partial charge < -0.3 is 4.74 Å². The fourth-order valence-electron chi connectivity index (χ4n) is 6.33. The fourth-order valence-corrected chi connectivity index (χ4v) is 6.45. The minimum Gasteiger partial charge on any atom is -0.427 e. The molecule has 0 amide bonds. The number of benzene rings is 5. The van der Waals surface area contributed by atoms with E-state index in [1.165, 1.54) is 5.56 Å². The normalized spacial score (nSPS) is 11.5. The Labute approximate surface area is 330 Å². The number of aromatic nitrogens is 2. The molecule has 0 bridgehead atoms. The number of hydrogen-bond acceptors (Lipinski definition) is 2. The Morgan fingerprint density at radius 3 is 0.984 bits per heavy atom. The van der Waals surface area contributed by atoms with Crippen LogP contribution in [-0.2, 0) is 6.54 Å². The minimum absolute atomic E-state index is 0.125. The Hall–Kier alpha value is -6.07. The van der Waals surface area contributed by atoms with Crippen LogP contribution in [0.15, 0.2) is 48.9 Å². The summed E-state index contributed by atoms with van der Waals surface area (Å²) in [7, 11) is 0. The van der Waals surface area contributed by atoms with Crippen molar-refractivity contribution in [3.63, 3.8) is 0 Å². The Bertz CT molecular complexity index is 2330. The smallest absolute Gasteiger partial charge is 0.388 e. The van der Waals surface area contributed by atoms with Crippen molar-refractivity contribution in [3.05, 3.63) is 171 Å². The third kappa shape index (κ3) is 7.43. The molecule has 25 heteroatoms. The van der Waals surface area contributed by atoms with Crippen LogP contribution in [0.4, 0.5) is 87.8 Å². The van der Waals surface area contributed by atoms with Crippen molar-refractivity contribution in [2.24, 2.45) is 0 Å². The van der Waals surface area contributed by atoms with Gasteiger partial charge in [-0.15, -0.1) is 21.9 Å². The Morgan fingerprint density at radius 1 is 0.426 bits per heavy atom. The molecule has 0 unspecified atom stereocenters. The van der Waals surface area contributed by atoms with Crippen LogP contribution in [0.3, 0.4) is 0 Å². The van der Waals surface area contributed by atoms with Crippen molar-refractivity contribution < 1.29 is 97.1 Å². The number of hydrogen-bond donors (Lipinski definition) is 0. The first kappa shape index (κ1) is 46.0.